The van der Waals surface area contributed by atoms with E-state index in [9.17, 15) is 5.11 Å². The molecule has 2 heterocycles. The predicted octanol–water partition coefficient (Wildman–Crippen LogP) is 0.105. The zero-order chi connectivity index (χ0) is 6.97. The Morgan fingerprint density at radius 1 is 1.70 bits per heavy atom. The maximum atomic E-state index is 9.33. The third kappa shape index (κ3) is 0.724. The average Bonchev–Trinajstić information content (AvgIpc) is 2.36. The Bertz CT molecular complexity index is 233. The molecule has 1 aromatic heterocycles. The minimum absolute atomic E-state index is 0.390. The predicted molar refractivity (Wildman–Crippen MR) is 34.2 cm³/mol. The average molecular weight is 139 g/mol. The van der Waals surface area contributed by atoms with Crippen LogP contribution in [0.4, 0.5) is 0 Å². The fourth-order valence-corrected chi connectivity index (χ4v) is 1.28. The van der Waals surface area contributed by atoms with Crippen LogP contribution in [-0.4, -0.2) is 19.9 Å². The lowest BCUT2D eigenvalue weighted by Gasteiger charge is -2.18. The first kappa shape index (κ1) is 5.85. The number of hydrogen-bond donors (Lipinski definition) is 1. The number of nitrogens with zero attached hydrogens (tertiary/aromatic N) is 3. The first-order valence-corrected chi connectivity index (χ1v) is 3.44. The third-order valence-corrected chi connectivity index (χ3v) is 1.83. The molecule has 2 rings (SSSR count). The molecule has 1 N–H and O–H groups in total. The van der Waals surface area contributed by atoms with Crippen molar-refractivity contribution in [2.75, 3.05) is 0 Å². The summed E-state index contributed by atoms with van der Waals surface area (Å²) in [6.45, 7) is 0. The molecule has 0 bridgehead atoms. The highest BCUT2D eigenvalue weighted by molar-refractivity contribution is 4.90. The topological polar surface area (TPSA) is 50.9 Å². The maximum absolute atomic E-state index is 9.33. The van der Waals surface area contributed by atoms with Crippen LogP contribution < -0.4 is 0 Å². The number of aromatic nitrogens is 3. The number of rotatable bonds is 0. The Kier molecular flexibility index (Phi) is 1.20. The molecule has 0 amide bonds. The molecule has 0 aliphatic carbocycles. The summed E-state index contributed by atoms with van der Waals surface area (Å²) in [5.74, 6) is 0.902. The Labute approximate surface area is 58.5 Å². The minimum Gasteiger partial charge on any atom is -0.373 e. The largest absolute Gasteiger partial charge is 0.373 e. The molecular formula is C6H9N3O. The first-order valence-electron chi connectivity index (χ1n) is 3.44. The Morgan fingerprint density at radius 2 is 2.60 bits per heavy atom. The molecule has 1 aliphatic rings. The van der Waals surface area contributed by atoms with E-state index in [1.54, 1.807) is 10.9 Å². The molecule has 1 aromatic rings. The second-order valence-electron chi connectivity index (χ2n) is 2.53. The summed E-state index contributed by atoms with van der Waals surface area (Å²) >= 11 is 0. The van der Waals surface area contributed by atoms with Crippen LogP contribution in [0.15, 0.2) is 6.33 Å². The van der Waals surface area contributed by atoms with Gasteiger partial charge in [-0.2, -0.15) is 0 Å². The summed E-state index contributed by atoms with van der Waals surface area (Å²) in [4.78, 5) is 0. The summed E-state index contributed by atoms with van der Waals surface area (Å²) in [5.41, 5.74) is 0. The second kappa shape index (κ2) is 2.05. The van der Waals surface area contributed by atoms with Crippen molar-refractivity contribution in [2.45, 2.75) is 25.5 Å². The lowest BCUT2D eigenvalue weighted by Crippen LogP contribution is -2.16. The molecule has 10 heavy (non-hydrogen) atoms. The van der Waals surface area contributed by atoms with Gasteiger partial charge in [0.25, 0.3) is 0 Å². The van der Waals surface area contributed by atoms with E-state index < -0.39 is 6.23 Å². The highest BCUT2D eigenvalue weighted by atomic mass is 16.3. The van der Waals surface area contributed by atoms with Crippen molar-refractivity contribution in [1.82, 2.24) is 14.8 Å². The van der Waals surface area contributed by atoms with Crippen LogP contribution in [0, 0.1) is 0 Å². The van der Waals surface area contributed by atoms with Crippen LogP contribution in [0.1, 0.15) is 24.9 Å². The Balaban J connectivity index is 2.41. The van der Waals surface area contributed by atoms with Gasteiger partial charge in [-0.3, -0.25) is 4.57 Å². The van der Waals surface area contributed by atoms with E-state index in [-0.39, 0.29) is 0 Å². The molecule has 4 nitrogen and oxygen atoms in total. The molecule has 0 saturated carbocycles. The second-order valence-corrected chi connectivity index (χ2v) is 2.53. The number of hydrogen-bond acceptors (Lipinski definition) is 3. The monoisotopic (exact) mass is 139 g/mol. The quantitative estimate of drug-likeness (QED) is 0.554. The van der Waals surface area contributed by atoms with Gasteiger partial charge >= 0.3 is 0 Å². The summed E-state index contributed by atoms with van der Waals surface area (Å²) in [6.07, 6.45) is 3.97. The van der Waals surface area contributed by atoms with Crippen LogP contribution in [0.2, 0.25) is 0 Å². The Hall–Kier alpha value is -0.900. The van der Waals surface area contributed by atoms with Crippen LogP contribution in [0.25, 0.3) is 0 Å². The van der Waals surface area contributed by atoms with Crippen LogP contribution in [0.5, 0.6) is 0 Å². The Morgan fingerprint density at radius 3 is 3.40 bits per heavy atom. The van der Waals surface area contributed by atoms with Gasteiger partial charge in [0.2, 0.25) is 0 Å². The van der Waals surface area contributed by atoms with Gasteiger partial charge in [-0.15, -0.1) is 10.2 Å². The van der Waals surface area contributed by atoms with Crippen molar-refractivity contribution < 1.29 is 5.11 Å². The van der Waals surface area contributed by atoms with Gasteiger partial charge in [0.1, 0.15) is 18.4 Å². The normalized spacial score (nSPS) is 24.3. The highest BCUT2D eigenvalue weighted by Crippen LogP contribution is 2.19. The van der Waals surface area contributed by atoms with Gasteiger partial charge < -0.3 is 5.11 Å². The summed E-state index contributed by atoms with van der Waals surface area (Å²) in [7, 11) is 0. The fraction of sp³-hybridized carbons (Fsp3) is 0.667. The number of fused-ring (bicyclic) bond motifs is 1. The molecular weight excluding hydrogens is 130 g/mol. The molecule has 4 heteroatoms. The van der Waals surface area contributed by atoms with Crippen LogP contribution in [-0.2, 0) is 6.42 Å². The summed E-state index contributed by atoms with van der Waals surface area (Å²) in [6, 6.07) is 0. The molecule has 0 spiro atoms. The lowest BCUT2D eigenvalue weighted by atomic mass is 10.1. The fourth-order valence-electron chi connectivity index (χ4n) is 1.28. The maximum Gasteiger partial charge on any atom is 0.134 e. The van der Waals surface area contributed by atoms with E-state index in [1.807, 2.05) is 0 Å². The van der Waals surface area contributed by atoms with Crippen molar-refractivity contribution >= 4 is 0 Å². The number of aliphatic hydroxyl groups excluding tert-OH is 1. The van der Waals surface area contributed by atoms with Gasteiger partial charge in [-0.25, -0.2) is 0 Å². The SMILES string of the molecule is OC1CCCc2nncn21. The lowest BCUT2D eigenvalue weighted by molar-refractivity contribution is 0.0779. The van der Waals surface area contributed by atoms with Gasteiger partial charge in [0, 0.05) is 6.42 Å². The highest BCUT2D eigenvalue weighted by Gasteiger charge is 2.16. The minimum atomic E-state index is -0.390. The van der Waals surface area contributed by atoms with Crippen molar-refractivity contribution in [2.24, 2.45) is 0 Å². The molecule has 1 atom stereocenters. The van der Waals surface area contributed by atoms with E-state index in [1.165, 1.54) is 0 Å². The molecule has 1 aliphatic heterocycles. The van der Waals surface area contributed by atoms with Gasteiger partial charge in [-0.1, -0.05) is 0 Å². The van der Waals surface area contributed by atoms with Crippen molar-refractivity contribution in [3.63, 3.8) is 0 Å². The van der Waals surface area contributed by atoms with E-state index in [0.29, 0.717) is 0 Å². The zero-order valence-electron chi connectivity index (χ0n) is 5.56. The van der Waals surface area contributed by atoms with Crippen molar-refractivity contribution in [3.8, 4) is 0 Å². The van der Waals surface area contributed by atoms with E-state index in [4.69, 9.17) is 0 Å². The number of aliphatic hydroxyl groups is 1. The van der Waals surface area contributed by atoms with E-state index in [0.717, 1.165) is 25.1 Å². The van der Waals surface area contributed by atoms with Crippen LogP contribution in [0.3, 0.4) is 0 Å². The van der Waals surface area contributed by atoms with Gasteiger partial charge in [-0.05, 0) is 12.8 Å². The molecule has 54 valence electrons. The molecule has 0 saturated heterocycles. The zero-order valence-corrected chi connectivity index (χ0v) is 5.56. The summed E-state index contributed by atoms with van der Waals surface area (Å²) in [5, 5.41) is 16.9. The van der Waals surface area contributed by atoms with E-state index in [2.05, 4.69) is 10.2 Å². The van der Waals surface area contributed by atoms with Gasteiger partial charge in [0.05, 0.1) is 0 Å². The van der Waals surface area contributed by atoms with Crippen LogP contribution >= 0.6 is 0 Å². The third-order valence-electron chi connectivity index (χ3n) is 1.83. The molecule has 0 radical (unpaired) electrons. The standard InChI is InChI=1S/C6H9N3O/c10-6-3-1-2-5-8-7-4-9(5)6/h4,6,10H,1-3H2. The molecule has 0 aromatic carbocycles. The summed E-state index contributed by atoms with van der Waals surface area (Å²) < 4.78 is 1.73. The van der Waals surface area contributed by atoms with Gasteiger partial charge in [0.15, 0.2) is 0 Å². The van der Waals surface area contributed by atoms with E-state index >= 15 is 0 Å². The molecule has 1 unspecified atom stereocenters. The first-order chi connectivity index (χ1) is 4.88. The number of aryl methyl sites for hydroxylation is 1. The molecule has 0 fully saturated rings. The van der Waals surface area contributed by atoms with Crippen molar-refractivity contribution in [1.29, 1.82) is 0 Å². The van der Waals surface area contributed by atoms with Crippen molar-refractivity contribution in [3.05, 3.63) is 12.2 Å². The smallest absolute Gasteiger partial charge is 0.134 e.